The Morgan fingerprint density at radius 1 is 1.24 bits per heavy atom. The lowest BCUT2D eigenvalue weighted by Gasteiger charge is -2.22. The fraction of sp³-hybridized carbons (Fsp3) is 0.600. The molecule has 0 aliphatic heterocycles. The van der Waals surface area contributed by atoms with Crippen LogP contribution in [0.5, 0.6) is 0 Å². The van der Waals surface area contributed by atoms with Gasteiger partial charge in [-0.2, -0.15) is 0 Å². The van der Waals surface area contributed by atoms with Crippen LogP contribution >= 0.6 is 0 Å². The number of nitrogens with two attached hydrogens (primary N) is 1. The van der Waals surface area contributed by atoms with Crippen molar-refractivity contribution < 1.29 is 4.74 Å². The summed E-state index contributed by atoms with van der Waals surface area (Å²) in [6.45, 7) is 2.81. The second-order valence-corrected chi connectivity index (χ2v) is 5.14. The molecule has 2 atom stereocenters. The molecule has 94 valence electrons. The zero-order valence-electron chi connectivity index (χ0n) is 10.7. The molecule has 0 saturated heterocycles. The predicted molar refractivity (Wildman–Crippen MR) is 70.8 cm³/mol. The van der Waals surface area contributed by atoms with Gasteiger partial charge in [0.25, 0.3) is 0 Å². The van der Waals surface area contributed by atoms with Crippen molar-refractivity contribution in [2.24, 2.45) is 5.73 Å². The van der Waals surface area contributed by atoms with E-state index in [1.54, 1.807) is 0 Å². The summed E-state index contributed by atoms with van der Waals surface area (Å²) in [6.07, 6.45) is 6.29. The van der Waals surface area contributed by atoms with Crippen LogP contribution in [0.3, 0.4) is 0 Å². The summed E-state index contributed by atoms with van der Waals surface area (Å²) < 4.78 is 5.99. The average Bonchev–Trinajstić information content (AvgIpc) is 2.52. The zero-order valence-corrected chi connectivity index (χ0v) is 10.7. The van der Waals surface area contributed by atoms with E-state index in [1.807, 2.05) is 0 Å². The van der Waals surface area contributed by atoms with Crippen LogP contribution in [0.4, 0.5) is 0 Å². The maximum Gasteiger partial charge on any atom is 0.0730 e. The van der Waals surface area contributed by atoms with E-state index in [0.29, 0.717) is 6.61 Å². The van der Waals surface area contributed by atoms with Gasteiger partial charge in [-0.15, -0.1) is 0 Å². The van der Waals surface area contributed by atoms with Crippen LogP contribution in [-0.2, 0) is 11.3 Å². The number of benzene rings is 1. The highest BCUT2D eigenvalue weighted by atomic mass is 16.5. The van der Waals surface area contributed by atoms with Gasteiger partial charge >= 0.3 is 0 Å². The fourth-order valence-electron chi connectivity index (χ4n) is 2.51. The van der Waals surface area contributed by atoms with Crippen LogP contribution in [0.25, 0.3) is 0 Å². The molecule has 17 heavy (non-hydrogen) atoms. The normalized spacial score (nSPS) is 25.5. The Labute approximate surface area is 104 Å². The number of ether oxygens (including phenoxy) is 1. The molecule has 0 radical (unpaired) electrons. The number of rotatable bonds is 3. The van der Waals surface area contributed by atoms with E-state index in [9.17, 15) is 0 Å². The van der Waals surface area contributed by atoms with Crippen molar-refractivity contribution in [2.45, 2.75) is 57.8 Å². The molecule has 0 heterocycles. The van der Waals surface area contributed by atoms with E-state index in [-0.39, 0.29) is 12.1 Å². The molecule has 0 amide bonds. The van der Waals surface area contributed by atoms with Gasteiger partial charge in [0.2, 0.25) is 0 Å². The first kappa shape index (κ1) is 12.6. The summed E-state index contributed by atoms with van der Waals surface area (Å²) in [5.74, 6) is 0. The molecule has 1 fully saturated rings. The highest BCUT2D eigenvalue weighted by molar-refractivity contribution is 5.21. The Morgan fingerprint density at radius 3 is 2.88 bits per heavy atom. The van der Waals surface area contributed by atoms with E-state index in [2.05, 4.69) is 31.2 Å². The fourth-order valence-corrected chi connectivity index (χ4v) is 2.51. The second-order valence-electron chi connectivity index (χ2n) is 5.14. The van der Waals surface area contributed by atoms with Gasteiger partial charge in [0.15, 0.2) is 0 Å². The van der Waals surface area contributed by atoms with Crippen molar-refractivity contribution in [3.05, 3.63) is 35.4 Å². The van der Waals surface area contributed by atoms with Gasteiger partial charge in [-0.1, -0.05) is 49.1 Å². The highest BCUT2D eigenvalue weighted by Gasteiger charge is 2.20. The molecule has 1 saturated carbocycles. The van der Waals surface area contributed by atoms with Gasteiger partial charge < -0.3 is 10.5 Å². The number of aryl methyl sites for hydroxylation is 1. The van der Waals surface area contributed by atoms with Crippen molar-refractivity contribution in [3.63, 3.8) is 0 Å². The average molecular weight is 233 g/mol. The van der Waals surface area contributed by atoms with E-state index in [4.69, 9.17) is 10.5 Å². The first-order valence-electron chi connectivity index (χ1n) is 6.68. The minimum Gasteiger partial charge on any atom is -0.372 e. The number of hydrogen-bond acceptors (Lipinski definition) is 2. The van der Waals surface area contributed by atoms with Crippen LogP contribution in [0.2, 0.25) is 0 Å². The SMILES string of the molecule is Cc1cccc(COC2CCCCCC2N)c1. The predicted octanol–water partition coefficient (Wildman–Crippen LogP) is 3.17. The maximum absolute atomic E-state index is 6.15. The van der Waals surface area contributed by atoms with E-state index >= 15 is 0 Å². The molecule has 2 N–H and O–H groups in total. The minimum absolute atomic E-state index is 0.224. The smallest absolute Gasteiger partial charge is 0.0730 e. The lowest BCUT2D eigenvalue weighted by molar-refractivity contribution is 0.0194. The molecule has 0 spiro atoms. The largest absolute Gasteiger partial charge is 0.372 e. The Kier molecular flexibility index (Phi) is 4.57. The quantitative estimate of drug-likeness (QED) is 0.814. The van der Waals surface area contributed by atoms with Crippen molar-refractivity contribution in [2.75, 3.05) is 0 Å². The molecule has 2 nitrogen and oxygen atoms in total. The summed E-state index contributed by atoms with van der Waals surface area (Å²) in [7, 11) is 0. The highest BCUT2D eigenvalue weighted by Crippen LogP contribution is 2.20. The van der Waals surface area contributed by atoms with Gasteiger partial charge in [-0.25, -0.2) is 0 Å². The van der Waals surface area contributed by atoms with Crippen molar-refractivity contribution in [3.8, 4) is 0 Å². The van der Waals surface area contributed by atoms with Crippen LogP contribution in [0, 0.1) is 6.92 Å². The van der Waals surface area contributed by atoms with E-state index < -0.39 is 0 Å². The van der Waals surface area contributed by atoms with Gasteiger partial charge in [0.05, 0.1) is 12.7 Å². The monoisotopic (exact) mass is 233 g/mol. The molecule has 1 aliphatic carbocycles. The lowest BCUT2D eigenvalue weighted by Crippen LogP contribution is -2.35. The molecule has 2 heteroatoms. The van der Waals surface area contributed by atoms with Crippen LogP contribution in [0.1, 0.15) is 43.2 Å². The van der Waals surface area contributed by atoms with Gasteiger partial charge in [-0.3, -0.25) is 0 Å². The first-order valence-corrected chi connectivity index (χ1v) is 6.68. The summed E-state index contributed by atoms with van der Waals surface area (Å²) in [5.41, 5.74) is 8.69. The second kappa shape index (κ2) is 6.18. The molecule has 0 aromatic heterocycles. The van der Waals surface area contributed by atoms with Crippen LogP contribution < -0.4 is 5.73 Å². The van der Waals surface area contributed by atoms with E-state index in [0.717, 1.165) is 12.8 Å². The molecule has 1 aromatic carbocycles. The topological polar surface area (TPSA) is 35.2 Å². The zero-order chi connectivity index (χ0) is 12.1. The van der Waals surface area contributed by atoms with Gasteiger partial charge in [-0.05, 0) is 25.3 Å². The van der Waals surface area contributed by atoms with Gasteiger partial charge in [0.1, 0.15) is 0 Å². The molecule has 0 bridgehead atoms. The molecule has 1 aliphatic rings. The third-order valence-corrected chi connectivity index (χ3v) is 3.55. The van der Waals surface area contributed by atoms with Crippen molar-refractivity contribution >= 4 is 0 Å². The number of hydrogen-bond donors (Lipinski definition) is 1. The molecule has 2 unspecified atom stereocenters. The Hall–Kier alpha value is -0.860. The Balaban J connectivity index is 1.88. The maximum atomic E-state index is 6.15. The van der Waals surface area contributed by atoms with Crippen LogP contribution in [-0.4, -0.2) is 12.1 Å². The van der Waals surface area contributed by atoms with Crippen LogP contribution in [0.15, 0.2) is 24.3 Å². The Bertz CT molecular complexity index is 351. The first-order chi connectivity index (χ1) is 8.25. The lowest BCUT2D eigenvalue weighted by atomic mass is 10.1. The summed E-state index contributed by atoms with van der Waals surface area (Å²) in [5, 5.41) is 0. The molecular formula is C15H23NO. The van der Waals surface area contributed by atoms with E-state index in [1.165, 1.54) is 30.4 Å². The molecular weight excluding hydrogens is 210 g/mol. The molecule has 1 aromatic rings. The Morgan fingerprint density at radius 2 is 2.06 bits per heavy atom. The standard InChI is InChI=1S/C15H23NO/c1-12-6-5-7-13(10-12)11-17-15-9-4-2-3-8-14(15)16/h5-7,10,14-15H,2-4,8-9,11,16H2,1H3. The van der Waals surface area contributed by atoms with Crippen molar-refractivity contribution in [1.82, 2.24) is 0 Å². The minimum atomic E-state index is 0.224. The summed E-state index contributed by atoms with van der Waals surface area (Å²) in [6, 6.07) is 8.72. The summed E-state index contributed by atoms with van der Waals surface area (Å²) >= 11 is 0. The third kappa shape index (κ3) is 3.83. The summed E-state index contributed by atoms with van der Waals surface area (Å²) in [4.78, 5) is 0. The molecule has 2 rings (SSSR count). The third-order valence-electron chi connectivity index (χ3n) is 3.55. The van der Waals surface area contributed by atoms with Gasteiger partial charge in [0, 0.05) is 6.04 Å². The van der Waals surface area contributed by atoms with Crippen molar-refractivity contribution in [1.29, 1.82) is 0 Å².